The van der Waals surface area contributed by atoms with Crippen LogP contribution in [-0.2, 0) is 17.3 Å². The molecule has 1 spiro atoms. The van der Waals surface area contributed by atoms with Gasteiger partial charge in [-0.15, -0.1) is 0 Å². The van der Waals surface area contributed by atoms with Gasteiger partial charge in [-0.05, 0) is 18.1 Å². The van der Waals surface area contributed by atoms with Crippen LogP contribution in [0.15, 0.2) is 49.1 Å². The average Bonchev–Trinajstić information content (AvgIpc) is 3.44. The van der Waals surface area contributed by atoms with Gasteiger partial charge in [0.15, 0.2) is 0 Å². The molecule has 9 heteroatoms. The number of carbonyl (C=O) groups is 2. The molecule has 1 fully saturated rings. The molecular formula is C21H21N7O2. The van der Waals surface area contributed by atoms with E-state index in [2.05, 4.69) is 25.6 Å². The molecule has 2 N–H and O–H groups in total. The van der Waals surface area contributed by atoms with E-state index in [-0.39, 0.29) is 11.8 Å². The van der Waals surface area contributed by atoms with Crippen molar-refractivity contribution in [2.75, 3.05) is 24.2 Å². The van der Waals surface area contributed by atoms with Crippen LogP contribution in [0.5, 0.6) is 0 Å². The molecule has 2 atom stereocenters. The Kier molecular flexibility index (Phi) is 4.05. The minimum Gasteiger partial charge on any atom is -0.357 e. The number of nitrogens with zero attached hydrogens (tertiary/aromatic N) is 5. The third-order valence-electron chi connectivity index (χ3n) is 6.07. The van der Waals surface area contributed by atoms with Crippen molar-refractivity contribution in [1.29, 1.82) is 0 Å². The first-order valence-corrected chi connectivity index (χ1v) is 9.75. The van der Waals surface area contributed by atoms with E-state index in [1.807, 2.05) is 42.1 Å². The fraction of sp³-hybridized carbons (Fsp3) is 0.286. The predicted molar refractivity (Wildman–Crippen MR) is 110 cm³/mol. The predicted octanol–water partition coefficient (Wildman–Crippen LogP) is 1.73. The summed E-state index contributed by atoms with van der Waals surface area (Å²) in [5, 5.41) is 5.85. The van der Waals surface area contributed by atoms with Gasteiger partial charge in [-0.25, -0.2) is 15.0 Å². The summed E-state index contributed by atoms with van der Waals surface area (Å²) in [4.78, 5) is 41.4. The first-order chi connectivity index (χ1) is 14.6. The number of rotatable bonds is 3. The Morgan fingerprint density at radius 3 is 2.70 bits per heavy atom. The van der Waals surface area contributed by atoms with E-state index in [1.54, 1.807) is 18.1 Å². The van der Waals surface area contributed by atoms with Crippen molar-refractivity contribution in [1.82, 2.24) is 24.4 Å². The zero-order valence-electron chi connectivity index (χ0n) is 16.7. The Bertz CT molecular complexity index is 1140. The first-order valence-electron chi connectivity index (χ1n) is 9.75. The lowest BCUT2D eigenvalue weighted by atomic mass is 9.74. The highest BCUT2D eigenvalue weighted by molar-refractivity contribution is 6.08. The maximum Gasteiger partial charge on any atom is 0.257 e. The van der Waals surface area contributed by atoms with Crippen LogP contribution in [0.25, 0.3) is 0 Å². The first kappa shape index (κ1) is 18.3. The number of amides is 2. The van der Waals surface area contributed by atoms with Crippen LogP contribution in [-0.4, -0.2) is 49.8 Å². The maximum absolute atomic E-state index is 13.5. The molecule has 0 radical (unpaired) electrons. The van der Waals surface area contributed by atoms with Crippen LogP contribution < -0.4 is 10.6 Å². The molecule has 0 unspecified atom stereocenters. The van der Waals surface area contributed by atoms with Gasteiger partial charge in [-0.3, -0.25) is 9.59 Å². The number of carbonyl (C=O) groups excluding carboxylic acids is 2. The number of hydrogen-bond acceptors (Lipinski definition) is 6. The quantitative estimate of drug-likeness (QED) is 0.690. The fourth-order valence-electron chi connectivity index (χ4n) is 4.64. The van der Waals surface area contributed by atoms with Crippen molar-refractivity contribution in [3.05, 3.63) is 66.0 Å². The Morgan fingerprint density at radius 1 is 1.23 bits per heavy atom. The van der Waals surface area contributed by atoms with Gasteiger partial charge in [0.1, 0.15) is 17.3 Å². The second-order valence-electron chi connectivity index (χ2n) is 7.56. The second kappa shape index (κ2) is 6.65. The molecule has 0 saturated carbocycles. The summed E-state index contributed by atoms with van der Waals surface area (Å²) >= 11 is 0. The SMILES string of the molecule is CNc1ncc(C(=O)N2CC[C@]3(C(=O)Nc4ccccc43)[C@@H]2c2nccn2C)cn1. The Labute approximate surface area is 173 Å². The minimum absolute atomic E-state index is 0.103. The van der Waals surface area contributed by atoms with Gasteiger partial charge in [0.05, 0.1) is 5.56 Å². The van der Waals surface area contributed by atoms with Gasteiger partial charge in [-0.2, -0.15) is 0 Å². The molecule has 2 aromatic heterocycles. The van der Waals surface area contributed by atoms with E-state index in [0.717, 1.165) is 11.3 Å². The van der Waals surface area contributed by atoms with E-state index in [0.29, 0.717) is 30.3 Å². The zero-order chi connectivity index (χ0) is 20.9. The van der Waals surface area contributed by atoms with Gasteiger partial charge >= 0.3 is 0 Å². The van der Waals surface area contributed by atoms with E-state index in [4.69, 9.17) is 0 Å². The number of imidazole rings is 1. The number of hydrogen-bond donors (Lipinski definition) is 2. The van der Waals surface area contributed by atoms with Crippen molar-refractivity contribution >= 4 is 23.5 Å². The van der Waals surface area contributed by atoms with E-state index >= 15 is 0 Å². The topological polar surface area (TPSA) is 105 Å². The largest absolute Gasteiger partial charge is 0.357 e. The van der Waals surface area contributed by atoms with Gasteiger partial charge < -0.3 is 20.1 Å². The molecule has 152 valence electrons. The molecule has 3 aromatic rings. The van der Waals surface area contributed by atoms with Crippen molar-refractivity contribution in [2.24, 2.45) is 7.05 Å². The number of fused-ring (bicyclic) bond motifs is 2. The maximum atomic E-state index is 13.5. The van der Waals surface area contributed by atoms with Crippen LogP contribution in [0, 0.1) is 0 Å². The fourth-order valence-corrected chi connectivity index (χ4v) is 4.64. The number of likely N-dealkylation sites (tertiary alicyclic amines) is 1. The molecule has 5 rings (SSSR count). The molecule has 30 heavy (non-hydrogen) atoms. The summed E-state index contributed by atoms with van der Waals surface area (Å²) < 4.78 is 1.87. The number of nitrogens with one attached hydrogen (secondary N) is 2. The van der Waals surface area contributed by atoms with Gasteiger partial charge in [-0.1, -0.05) is 18.2 Å². The third-order valence-corrected chi connectivity index (χ3v) is 6.07. The number of benzene rings is 1. The normalized spacial score (nSPS) is 22.3. The molecule has 2 amide bonds. The molecule has 4 heterocycles. The van der Waals surface area contributed by atoms with Crippen molar-refractivity contribution in [3.8, 4) is 0 Å². The lowest BCUT2D eigenvalue weighted by Crippen LogP contribution is -2.43. The van der Waals surface area contributed by atoms with E-state index in [9.17, 15) is 9.59 Å². The van der Waals surface area contributed by atoms with E-state index < -0.39 is 11.5 Å². The molecule has 1 saturated heterocycles. The Morgan fingerprint density at radius 2 is 2.00 bits per heavy atom. The molecule has 2 aliphatic heterocycles. The van der Waals surface area contributed by atoms with Gasteiger partial charge in [0.2, 0.25) is 11.9 Å². The van der Waals surface area contributed by atoms with E-state index in [1.165, 1.54) is 12.4 Å². The molecule has 0 aliphatic carbocycles. The highest BCUT2D eigenvalue weighted by Gasteiger charge is 2.60. The highest BCUT2D eigenvalue weighted by atomic mass is 16.2. The standard InChI is InChI=1S/C21H21N7O2/c1-22-20-24-11-13(12-25-20)18(29)28-9-7-21(16(28)17-23-8-10-27(17)2)14-5-3-4-6-15(14)26-19(21)30/h3-6,8,10-12,16H,7,9H2,1-2H3,(H,26,30)(H,22,24,25)/t16-,21+/m0/s1. The Hall–Kier alpha value is -3.75. The third kappa shape index (κ3) is 2.44. The molecule has 9 nitrogen and oxygen atoms in total. The smallest absolute Gasteiger partial charge is 0.257 e. The second-order valence-corrected chi connectivity index (χ2v) is 7.56. The summed E-state index contributed by atoms with van der Waals surface area (Å²) in [6.07, 6.45) is 7.03. The lowest BCUT2D eigenvalue weighted by Gasteiger charge is -2.33. The number of aryl methyl sites for hydroxylation is 1. The van der Waals surface area contributed by atoms with Crippen LogP contribution in [0.1, 0.15) is 34.2 Å². The molecule has 2 aliphatic rings. The number of para-hydroxylation sites is 1. The van der Waals surface area contributed by atoms with Crippen molar-refractivity contribution in [3.63, 3.8) is 0 Å². The zero-order valence-corrected chi connectivity index (χ0v) is 16.7. The highest BCUT2D eigenvalue weighted by Crippen LogP contribution is 2.54. The average molecular weight is 403 g/mol. The summed E-state index contributed by atoms with van der Waals surface area (Å²) in [7, 11) is 3.59. The van der Waals surface area contributed by atoms with Crippen LogP contribution >= 0.6 is 0 Å². The molecular weight excluding hydrogens is 382 g/mol. The van der Waals surface area contributed by atoms with Crippen LogP contribution in [0.2, 0.25) is 0 Å². The summed E-state index contributed by atoms with van der Waals surface area (Å²) in [6.45, 7) is 0.423. The lowest BCUT2D eigenvalue weighted by molar-refractivity contribution is -0.121. The summed E-state index contributed by atoms with van der Waals surface area (Å²) in [5.41, 5.74) is 1.17. The van der Waals surface area contributed by atoms with Gasteiger partial charge in [0, 0.05) is 51.1 Å². The van der Waals surface area contributed by atoms with Crippen LogP contribution in [0.4, 0.5) is 11.6 Å². The number of aromatic nitrogens is 4. The number of anilines is 2. The van der Waals surface area contributed by atoms with Crippen molar-refractivity contribution in [2.45, 2.75) is 17.9 Å². The summed E-state index contributed by atoms with van der Waals surface area (Å²) in [5.74, 6) is 0.781. The minimum atomic E-state index is -0.892. The van der Waals surface area contributed by atoms with Crippen LogP contribution in [0.3, 0.4) is 0 Å². The summed E-state index contributed by atoms with van der Waals surface area (Å²) in [6, 6.07) is 7.13. The molecule has 1 aromatic carbocycles. The Balaban J connectivity index is 1.64. The van der Waals surface area contributed by atoms with Gasteiger partial charge in [0.25, 0.3) is 5.91 Å². The molecule has 0 bridgehead atoms. The monoisotopic (exact) mass is 403 g/mol. The van der Waals surface area contributed by atoms with Crippen molar-refractivity contribution < 1.29 is 9.59 Å².